The maximum atomic E-state index is 12.9. The van der Waals surface area contributed by atoms with E-state index < -0.39 is 22.1 Å². The molecular formula is C25H25BrN2O6S. The molecule has 35 heavy (non-hydrogen) atoms. The van der Waals surface area contributed by atoms with Crippen LogP contribution in [0, 0.1) is 0 Å². The van der Waals surface area contributed by atoms with Crippen molar-refractivity contribution in [2.45, 2.75) is 24.8 Å². The van der Waals surface area contributed by atoms with Crippen molar-refractivity contribution in [3.05, 3.63) is 82.8 Å². The lowest BCUT2D eigenvalue weighted by atomic mass is 10.2. The number of rotatable bonds is 9. The number of carbonyl (C=O) groups excluding carboxylic acids is 2. The Kier molecular flexibility index (Phi) is 8.52. The van der Waals surface area contributed by atoms with Crippen molar-refractivity contribution >= 4 is 49.2 Å². The third-order valence-electron chi connectivity index (χ3n) is 4.97. The maximum Gasteiger partial charge on any atom is 0.338 e. The van der Waals surface area contributed by atoms with Gasteiger partial charge in [-0.15, -0.1) is 0 Å². The number of esters is 1. The molecule has 1 N–H and O–H groups in total. The van der Waals surface area contributed by atoms with Crippen LogP contribution in [0.4, 0.5) is 11.4 Å². The number of nitrogens with one attached hydrogen (secondary N) is 1. The van der Waals surface area contributed by atoms with Gasteiger partial charge in [-0.3, -0.25) is 9.52 Å². The molecule has 3 aromatic rings. The predicted molar refractivity (Wildman–Crippen MR) is 137 cm³/mol. The molecule has 0 radical (unpaired) electrons. The van der Waals surface area contributed by atoms with Gasteiger partial charge in [0.1, 0.15) is 10.6 Å². The molecule has 0 aromatic heterocycles. The average Bonchev–Trinajstić information content (AvgIpc) is 2.85. The van der Waals surface area contributed by atoms with Crippen molar-refractivity contribution in [1.82, 2.24) is 0 Å². The third kappa shape index (κ3) is 6.61. The number of sulfonamides is 1. The molecule has 0 bridgehead atoms. The van der Waals surface area contributed by atoms with Crippen LogP contribution in [0.2, 0.25) is 0 Å². The van der Waals surface area contributed by atoms with E-state index >= 15 is 0 Å². The van der Waals surface area contributed by atoms with Crippen LogP contribution in [-0.2, 0) is 19.6 Å². The number of likely N-dealkylation sites (N-methyl/N-ethyl adjacent to an activating group) is 1. The Hall–Kier alpha value is -3.37. The zero-order valence-electron chi connectivity index (χ0n) is 19.4. The van der Waals surface area contributed by atoms with Gasteiger partial charge in [0.05, 0.1) is 12.2 Å². The molecule has 10 heteroatoms. The van der Waals surface area contributed by atoms with Gasteiger partial charge in [-0.1, -0.05) is 34.1 Å². The highest BCUT2D eigenvalue weighted by atomic mass is 79.9. The molecule has 8 nitrogen and oxygen atoms in total. The van der Waals surface area contributed by atoms with E-state index in [1.165, 1.54) is 42.2 Å². The van der Waals surface area contributed by atoms with Crippen LogP contribution in [0.5, 0.6) is 5.75 Å². The van der Waals surface area contributed by atoms with Crippen molar-refractivity contribution in [1.29, 1.82) is 0 Å². The lowest BCUT2D eigenvalue weighted by Gasteiger charge is -2.21. The highest BCUT2D eigenvalue weighted by molar-refractivity contribution is 9.10. The topological polar surface area (TPSA) is 102 Å². The molecule has 0 aliphatic carbocycles. The molecule has 1 atom stereocenters. The maximum absolute atomic E-state index is 12.9. The summed E-state index contributed by atoms with van der Waals surface area (Å²) in [6.07, 6.45) is -1.01. The number of ether oxygens (including phenoxy) is 2. The van der Waals surface area contributed by atoms with E-state index in [0.29, 0.717) is 16.8 Å². The average molecular weight is 561 g/mol. The summed E-state index contributed by atoms with van der Waals surface area (Å²) in [6, 6.07) is 19.4. The van der Waals surface area contributed by atoms with Gasteiger partial charge >= 0.3 is 5.97 Å². The first-order valence-electron chi connectivity index (χ1n) is 10.7. The van der Waals surface area contributed by atoms with Crippen LogP contribution in [0.3, 0.4) is 0 Å². The first-order chi connectivity index (χ1) is 16.6. The molecule has 3 aromatic carbocycles. The Morgan fingerprint density at radius 2 is 1.69 bits per heavy atom. The predicted octanol–water partition coefficient (Wildman–Crippen LogP) is 4.86. The Labute approximate surface area is 213 Å². The van der Waals surface area contributed by atoms with Crippen LogP contribution in [0.1, 0.15) is 24.2 Å². The number of hydrogen-bond donors (Lipinski definition) is 1. The summed E-state index contributed by atoms with van der Waals surface area (Å²) in [4.78, 5) is 26.5. The third-order valence-corrected chi connectivity index (χ3v) is 6.87. The molecule has 0 heterocycles. The smallest absolute Gasteiger partial charge is 0.338 e. The zero-order chi connectivity index (χ0) is 25.6. The van der Waals surface area contributed by atoms with Crippen LogP contribution in [-0.4, -0.2) is 40.1 Å². The second kappa shape index (κ2) is 11.4. The van der Waals surface area contributed by atoms with E-state index in [1.807, 2.05) is 6.07 Å². The van der Waals surface area contributed by atoms with Gasteiger partial charge in [-0.25, -0.2) is 13.2 Å². The van der Waals surface area contributed by atoms with E-state index in [2.05, 4.69) is 20.7 Å². The first kappa shape index (κ1) is 26.2. The van der Waals surface area contributed by atoms with E-state index in [4.69, 9.17) is 9.47 Å². The second-order valence-corrected chi connectivity index (χ2v) is 10.1. The number of amides is 1. The normalized spacial score (nSPS) is 11.9. The summed E-state index contributed by atoms with van der Waals surface area (Å²) in [7, 11) is -2.36. The molecule has 0 saturated heterocycles. The largest absolute Gasteiger partial charge is 0.492 e. The zero-order valence-corrected chi connectivity index (χ0v) is 21.8. The lowest BCUT2D eigenvalue weighted by Crippen LogP contribution is -2.37. The molecule has 184 valence electrons. The van der Waals surface area contributed by atoms with E-state index in [-0.39, 0.29) is 27.8 Å². The monoisotopic (exact) mass is 560 g/mol. The van der Waals surface area contributed by atoms with Gasteiger partial charge in [-0.05, 0) is 68.4 Å². The molecular weight excluding hydrogens is 536 g/mol. The van der Waals surface area contributed by atoms with E-state index in [9.17, 15) is 18.0 Å². The highest BCUT2D eigenvalue weighted by Gasteiger charge is 2.24. The minimum Gasteiger partial charge on any atom is -0.492 e. The van der Waals surface area contributed by atoms with Crippen molar-refractivity contribution in [3.8, 4) is 5.75 Å². The van der Waals surface area contributed by atoms with Crippen LogP contribution in [0.15, 0.2) is 82.2 Å². The highest BCUT2D eigenvalue weighted by Crippen LogP contribution is 2.29. The van der Waals surface area contributed by atoms with Crippen molar-refractivity contribution in [2.24, 2.45) is 0 Å². The van der Waals surface area contributed by atoms with Gasteiger partial charge in [0.2, 0.25) is 0 Å². The molecule has 0 aliphatic heterocycles. The minimum atomic E-state index is -3.96. The van der Waals surface area contributed by atoms with Crippen LogP contribution in [0.25, 0.3) is 0 Å². The molecule has 0 saturated carbocycles. The van der Waals surface area contributed by atoms with Gasteiger partial charge in [0.25, 0.3) is 15.9 Å². The number of anilines is 2. The number of benzene rings is 3. The number of para-hydroxylation sites is 1. The summed E-state index contributed by atoms with van der Waals surface area (Å²) < 4.78 is 39.7. The SMILES string of the molecule is CCOc1ccc(Br)cc1S(=O)(=O)Nc1ccc(C(=O)O[C@@H](C)C(=O)N(C)c2ccccc2)cc1. The standard InChI is InChI=1S/C25H25BrN2O6S/c1-4-33-22-15-12-19(26)16-23(22)35(31,32)27-20-13-10-18(11-14-20)25(30)34-17(2)24(29)28(3)21-8-6-5-7-9-21/h5-17,27H,4H2,1-3H3/t17-/m0/s1. The summed E-state index contributed by atoms with van der Waals surface area (Å²) >= 11 is 3.28. The van der Waals surface area contributed by atoms with E-state index in [1.54, 1.807) is 50.4 Å². The summed E-state index contributed by atoms with van der Waals surface area (Å²) in [6.45, 7) is 3.57. The van der Waals surface area contributed by atoms with Crippen molar-refractivity contribution < 1.29 is 27.5 Å². The molecule has 1 amide bonds. The van der Waals surface area contributed by atoms with Crippen molar-refractivity contribution in [3.63, 3.8) is 0 Å². The molecule has 0 unspecified atom stereocenters. The Bertz CT molecular complexity index is 1300. The molecule has 3 rings (SSSR count). The summed E-state index contributed by atoms with van der Waals surface area (Å²) in [5.74, 6) is -0.858. The van der Waals surface area contributed by atoms with Gasteiger partial charge in [0, 0.05) is 22.9 Å². The molecule has 0 spiro atoms. The number of hydrogen-bond acceptors (Lipinski definition) is 6. The first-order valence-corrected chi connectivity index (χ1v) is 13.0. The minimum absolute atomic E-state index is 0.0212. The summed E-state index contributed by atoms with van der Waals surface area (Å²) in [5.41, 5.74) is 1.10. The fourth-order valence-electron chi connectivity index (χ4n) is 3.18. The van der Waals surface area contributed by atoms with E-state index in [0.717, 1.165) is 0 Å². The fraction of sp³-hybridized carbons (Fsp3) is 0.200. The molecule has 0 aliphatic rings. The van der Waals surface area contributed by atoms with Gasteiger partial charge < -0.3 is 14.4 Å². The lowest BCUT2D eigenvalue weighted by molar-refractivity contribution is -0.126. The second-order valence-electron chi connectivity index (χ2n) is 7.49. The Morgan fingerprint density at radius 1 is 1.03 bits per heavy atom. The Balaban J connectivity index is 1.68. The number of halogens is 1. The number of nitrogens with zero attached hydrogens (tertiary/aromatic N) is 1. The fourth-order valence-corrected chi connectivity index (χ4v) is 4.92. The van der Waals surface area contributed by atoms with Crippen LogP contribution < -0.4 is 14.4 Å². The quantitative estimate of drug-likeness (QED) is 0.375. The molecule has 0 fully saturated rings. The summed E-state index contributed by atoms with van der Waals surface area (Å²) in [5, 5.41) is 0. The Morgan fingerprint density at radius 3 is 2.31 bits per heavy atom. The van der Waals surface area contributed by atoms with Gasteiger partial charge in [0.15, 0.2) is 6.10 Å². The van der Waals surface area contributed by atoms with Crippen LogP contribution >= 0.6 is 15.9 Å². The van der Waals surface area contributed by atoms with Gasteiger partial charge in [-0.2, -0.15) is 0 Å². The van der Waals surface area contributed by atoms with Crippen molar-refractivity contribution in [2.75, 3.05) is 23.3 Å². The number of carbonyl (C=O) groups is 2.